The molecule has 2 N–H and O–H groups in total. The van der Waals surface area contributed by atoms with Gasteiger partial charge in [0.25, 0.3) is 0 Å². The number of hydrogen-bond donors (Lipinski definition) is 1. The minimum Gasteiger partial charge on any atom is -0.399 e. The molecular formula is C14H19N3O. The van der Waals surface area contributed by atoms with Crippen molar-refractivity contribution >= 4 is 5.69 Å². The molecule has 0 aliphatic heterocycles. The number of aryl methyl sites for hydroxylation is 2. The minimum atomic E-state index is -0.0665. The molecule has 0 atom stereocenters. The summed E-state index contributed by atoms with van der Waals surface area (Å²) in [5.74, 6) is 1.45. The van der Waals surface area contributed by atoms with Gasteiger partial charge < -0.3 is 10.3 Å². The second-order valence-corrected chi connectivity index (χ2v) is 5.50. The molecule has 0 amide bonds. The zero-order valence-electron chi connectivity index (χ0n) is 11.1. The molecule has 0 unspecified atom stereocenters. The Morgan fingerprint density at radius 1 is 1.11 bits per heavy atom. The van der Waals surface area contributed by atoms with Crippen LogP contribution >= 0.6 is 0 Å². The molecule has 0 radical (unpaired) electrons. The molecule has 96 valence electrons. The third-order valence-electron chi connectivity index (χ3n) is 2.75. The van der Waals surface area contributed by atoms with Crippen LogP contribution in [0.2, 0.25) is 0 Å². The van der Waals surface area contributed by atoms with Gasteiger partial charge in [-0.25, -0.2) is 0 Å². The Kier molecular flexibility index (Phi) is 3.36. The van der Waals surface area contributed by atoms with Gasteiger partial charge in [-0.05, 0) is 24.1 Å². The Morgan fingerprint density at radius 2 is 1.78 bits per heavy atom. The Bertz CT molecular complexity index is 509. The van der Waals surface area contributed by atoms with E-state index in [4.69, 9.17) is 10.3 Å². The van der Waals surface area contributed by atoms with Crippen LogP contribution < -0.4 is 5.73 Å². The fourth-order valence-electron chi connectivity index (χ4n) is 1.60. The predicted octanol–water partition coefficient (Wildman–Crippen LogP) is 2.73. The number of benzene rings is 1. The van der Waals surface area contributed by atoms with E-state index in [1.54, 1.807) is 0 Å². The molecule has 0 saturated carbocycles. The smallest absolute Gasteiger partial charge is 0.226 e. The van der Waals surface area contributed by atoms with Gasteiger partial charge in [-0.15, -0.1) is 0 Å². The van der Waals surface area contributed by atoms with E-state index in [-0.39, 0.29) is 5.41 Å². The Labute approximate surface area is 107 Å². The van der Waals surface area contributed by atoms with Gasteiger partial charge in [-0.3, -0.25) is 0 Å². The first-order chi connectivity index (χ1) is 8.45. The van der Waals surface area contributed by atoms with Crippen LogP contribution in [0.15, 0.2) is 28.8 Å². The van der Waals surface area contributed by atoms with Crippen molar-refractivity contribution in [2.75, 3.05) is 5.73 Å². The van der Waals surface area contributed by atoms with Crippen LogP contribution in [0, 0.1) is 0 Å². The maximum absolute atomic E-state index is 5.64. The van der Waals surface area contributed by atoms with Gasteiger partial charge in [0, 0.05) is 17.5 Å². The summed E-state index contributed by atoms with van der Waals surface area (Å²) >= 11 is 0. The first kappa shape index (κ1) is 12.6. The molecule has 1 aromatic heterocycles. The van der Waals surface area contributed by atoms with E-state index in [1.165, 1.54) is 5.56 Å². The topological polar surface area (TPSA) is 64.9 Å². The number of anilines is 1. The lowest BCUT2D eigenvalue weighted by atomic mass is 9.96. The van der Waals surface area contributed by atoms with Crippen LogP contribution in [0.25, 0.3) is 0 Å². The summed E-state index contributed by atoms with van der Waals surface area (Å²) in [6.07, 6.45) is 1.64. The lowest BCUT2D eigenvalue weighted by Gasteiger charge is -2.10. The molecular weight excluding hydrogens is 226 g/mol. The van der Waals surface area contributed by atoms with Gasteiger partial charge in [0.1, 0.15) is 0 Å². The van der Waals surface area contributed by atoms with E-state index in [0.717, 1.165) is 24.4 Å². The molecule has 4 nitrogen and oxygen atoms in total. The molecule has 0 aliphatic rings. The summed E-state index contributed by atoms with van der Waals surface area (Å²) in [7, 11) is 0. The van der Waals surface area contributed by atoms with Crippen LogP contribution in [-0.2, 0) is 18.3 Å². The first-order valence-electron chi connectivity index (χ1n) is 6.12. The average Bonchev–Trinajstić information content (AvgIpc) is 2.77. The highest BCUT2D eigenvalue weighted by molar-refractivity contribution is 5.39. The van der Waals surface area contributed by atoms with Gasteiger partial charge in [0.2, 0.25) is 5.89 Å². The van der Waals surface area contributed by atoms with E-state index in [0.29, 0.717) is 5.89 Å². The Morgan fingerprint density at radius 3 is 2.33 bits per heavy atom. The van der Waals surface area contributed by atoms with Gasteiger partial charge in [-0.2, -0.15) is 4.98 Å². The fourth-order valence-corrected chi connectivity index (χ4v) is 1.60. The molecule has 0 saturated heterocycles. The van der Waals surface area contributed by atoms with Crippen molar-refractivity contribution in [2.45, 2.75) is 39.0 Å². The van der Waals surface area contributed by atoms with E-state index >= 15 is 0 Å². The van der Waals surface area contributed by atoms with Crippen molar-refractivity contribution in [3.05, 3.63) is 41.5 Å². The second-order valence-electron chi connectivity index (χ2n) is 5.50. The highest BCUT2D eigenvalue weighted by Crippen LogP contribution is 2.19. The average molecular weight is 245 g/mol. The standard InChI is InChI=1S/C14H19N3O/c1-14(2,3)13-16-12(18-17-13)9-6-10-4-7-11(15)8-5-10/h4-5,7-8H,6,9,15H2,1-3H3. The van der Waals surface area contributed by atoms with Crippen LogP contribution in [0.5, 0.6) is 0 Å². The van der Waals surface area contributed by atoms with Gasteiger partial charge in [-0.1, -0.05) is 38.1 Å². The van der Waals surface area contributed by atoms with Gasteiger partial charge in [0.15, 0.2) is 5.82 Å². The van der Waals surface area contributed by atoms with Crippen LogP contribution in [-0.4, -0.2) is 10.1 Å². The zero-order valence-corrected chi connectivity index (χ0v) is 11.1. The summed E-state index contributed by atoms with van der Waals surface area (Å²) < 4.78 is 5.25. The second kappa shape index (κ2) is 4.80. The first-order valence-corrected chi connectivity index (χ1v) is 6.12. The summed E-state index contributed by atoms with van der Waals surface area (Å²) in [6.45, 7) is 6.21. The lowest BCUT2D eigenvalue weighted by Crippen LogP contribution is -2.13. The van der Waals surface area contributed by atoms with E-state index in [9.17, 15) is 0 Å². The van der Waals surface area contributed by atoms with E-state index in [2.05, 4.69) is 30.9 Å². The Hall–Kier alpha value is -1.84. The van der Waals surface area contributed by atoms with Gasteiger partial charge in [0.05, 0.1) is 0 Å². The molecule has 1 heterocycles. The lowest BCUT2D eigenvalue weighted by molar-refractivity contribution is 0.363. The third kappa shape index (κ3) is 3.09. The predicted molar refractivity (Wildman–Crippen MR) is 71.3 cm³/mol. The van der Waals surface area contributed by atoms with Crippen molar-refractivity contribution < 1.29 is 4.52 Å². The quantitative estimate of drug-likeness (QED) is 0.844. The number of aromatic nitrogens is 2. The molecule has 1 aromatic carbocycles. The maximum Gasteiger partial charge on any atom is 0.226 e. The maximum atomic E-state index is 5.64. The van der Waals surface area contributed by atoms with Crippen molar-refractivity contribution in [3.63, 3.8) is 0 Å². The molecule has 4 heteroatoms. The number of rotatable bonds is 3. The molecule has 2 rings (SSSR count). The molecule has 0 aliphatic carbocycles. The summed E-state index contributed by atoms with van der Waals surface area (Å²) in [5.41, 5.74) is 7.58. The zero-order chi connectivity index (χ0) is 13.2. The summed E-state index contributed by atoms with van der Waals surface area (Å²) in [5, 5.41) is 4.01. The number of nitrogen functional groups attached to an aromatic ring is 1. The largest absolute Gasteiger partial charge is 0.399 e. The van der Waals surface area contributed by atoms with Crippen LogP contribution in [0.3, 0.4) is 0 Å². The fraction of sp³-hybridized carbons (Fsp3) is 0.429. The van der Waals surface area contributed by atoms with E-state index < -0.39 is 0 Å². The number of nitrogens with two attached hydrogens (primary N) is 1. The van der Waals surface area contributed by atoms with Crippen molar-refractivity contribution in [1.29, 1.82) is 0 Å². The highest BCUT2D eigenvalue weighted by Gasteiger charge is 2.20. The minimum absolute atomic E-state index is 0.0665. The summed E-state index contributed by atoms with van der Waals surface area (Å²) in [6, 6.07) is 7.86. The number of hydrogen-bond acceptors (Lipinski definition) is 4. The normalized spacial score (nSPS) is 11.7. The molecule has 2 aromatic rings. The summed E-state index contributed by atoms with van der Waals surface area (Å²) in [4.78, 5) is 4.41. The van der Waals surface area contributed by atoms with Crippen LogP contribution in [0.1, 0.15) is 38.0 Å². The van der Waals surface area contributed by atoms with E-state index in [1.807, 2.05) is 24.3 Å². The molecule has 0 spiro atoms. The van der Waals surface area contributed by atoms with Crippen molar-refractivity contribution in [1.82, 2.24) is 10.1 Å². The van der Waals surface area contributed by atoms with Crippen molar-refractivity contribution in [2.24, 2.45) is 0 Å². The molecule has 0 bridgehead atoms. The Balaban J connectivity index is 1.98. The third-order valence-corrected chi connectivity index (χ3v) is 2.75. The van der Waals surface area contributed by atoms with Crippen molar-refractivity contribution in [3.8, 4) is 0 Å². The molecule has 18 heavy (non-hydrogen) atoms. The monoisotopic (exact) mass is 245 g/mol. The molecule has 0 fully saturated rings. The number of nitrogens with zero attached hydrogens (tertiary/aromatic N) is 2. The highest BCUT2D eigenvalue weighted by atomic mass is 16.5. The van der Waals surface area contributed by atoms with Crippen LogP contribution in [0.4, 0.5) is 5.69 Å². The SMILES string of the molecule is CC(C)(C)c1noc(CCc2ccc(N)cc2)n1. The van der Waals surface area contributed by atoms with Gasteiger partial charge >= 0.3 is 0 Å².